The molecular weight excluding hydrogens is 1010 g/mol. The van der Waals surface area contributed by atoms with Gasteiger partial charge in [-0.3, -0.25) is 9.59 Å². The summed E-state index contributed by atoms with van der Waals surface area (Å²) in [6.07, 6.45) is 91.1. The van der Waals surface area contributed by atoms with Crippen molar-refractivity contribution in [1.29, 1.82) is 0 Å². The summed E-state index contributed by atoms with van der Waals surface area (Å²) in [6, 6.07) is -0.538. The number of rotatable bonds is 71. The fourth-order valence-electron chi connectivity index (χ4n) is 12.0. The first-order valence-electron chi connectivity index (χ1n) is 37.6. The first-order chi connectivity index (χ1) is 40.5. The summed E-state index contributed by atoms with van der Waals surface area (Å²) in [6.45, 7) is 4.98. The summed E-state index contributed by atoms with van der Waals surface area (Å²) in [5, 5.41) is 23.4. The second kappa shape index (κ2) is 71.8. The second-order valence-electron chi connectivity index (χ2n) is 26.0. The molecule has 0 bridgehead atoms. The summed E-state index contributed by atoms with van der Waals surface area (Å²) in [7, 11) is 0. The Kier molecular flexibility index (Phi) is 70.4. The molecule has 0 saturated heterocycles. The fraction of sp³-hybridized carbons (Fsp3) is 0.921. The van der Waals surface area contributed by atoms with Crippen LogP contribution in [-0.4, -0.2) is 47.4 Å². The number of nitrogens with one attached hydrogen (secondary N) is 1. The Morgan fingerprint density at radius 2 is 0.573 bits per heavy atom. The molecule has 0 spiro atoms. The Morgan fingerprint density at radius 3 is 0.866 bits per heavy atom. The zero-order valence-corrected chi connectivity index (χ0v) is 55.8. The second-order valence-corrected chi connectivity index (χ2v) is 26.0. The molecule has 1 amide bonds. The topological polar surface area (TPSA) is 95.9 Å². The lowest BCUT2D eigenvalue weighted by molar-refractivity contribution is -0.143. The minimum absolute atomic E-state index is 0.0123. The standard InChI is InChI=1S/C76H147NO5/c1-3-5-7-9-11-13-15-17-19-41-44-48-52-56-60-64-68-74(79)73(72-78)77-75(80)69-65-61-57-53-49-45-42-39-37-35-33-31-29-27-25-23-21-20-22-24-26-28-30-32-34-36-38-40-43-47-51-55-59-63-67-71-82-76(81)70-66-62-58-54-50-46-18-16-14-12-10-8-6-4-2/h16,18,22,24,73-74,78-79H,3-15,17,19-21,23,25-72H2,1-2H3,(H,77,80)/b18-16-,24-22-. The van der Waals surface area contributed by atoms with Crippen LogP contribution in [-0.2, 0) is 14.3 Å². The number of hydrogen-bond donors (Lipinski definition) is 3. The molecule has 486 valence electrons. The van der Waals surface area contributed by atoms with Gasteiger partial charge in [0.05, 0.1) is 25.4 Å². The van der Waals surface area contributed by atoms with Gasteiger partial charge in [0.1, 0.15) is 0 Å². The van der Waals surface area contributed by atoms with Crippen molar-refractivity contribution in [3.63, 3.8) is 0 Å². The fourth-order valence-corrected chi connectivity index (χ4v) is 12.0. The van der Waals surface area contributed by atoms with Crippen molar-refractivity contribution >= 4 is 11.9 Å². The van der Waals surface area contributed by atoms with E-state index < -0.39 is 12.1 Å². The molecule has 2 atom stereocenters. The van der Waals surface area contributed by atoms with Gasteiger partial charge in [0.15, 0.2) is 0 Å². The molecule has 82 heavy (non-hydrogen) atoms. The lowest BCUT2D eigenvalue weighted by atomic mass is 10.0. The Morgan fingerprint density at radius 1 is 0.329 bits per heavy atom. The zero-order chi connectivity index (χ0) is 59.2. The highest BCUT2D eigenvalue weighted by Gasteiger charge is 2.20. The molecule has 0 fully saturated rings. The van der Waals surface area contributed by atoms with E-state index in [4.69, 9.17) is 4.74 Å². The molecule has 6 nitrogen and oxygen atoms in total. The maximum atomic E-state index is 12.5. The van der Waals surface area contributed by atoms with Crippen LogP contribution in [0.2, 0.25) is 0 Å². The summed E-state index contributed by atoms with van der Waals surface area (Å²) < 4.78 is 5.49. The molecule has 2 unspecified atom stereocenters. The molecular formula is C76H147NO5. The number of carbonyl (C=O) groups excluding carboxylic acids is 2. The SMILES string of the molecule is CCCCCCC/C=C\CCCCCCCC(=O)OCCCCCCCCCCCCCCCC/C=C\CCCCCCCCCCCCCCCCCCCC(=O)NC(CO)C(O)CCCCCCCCCCCCCCCCCC. The van der Waals surface area contributed by atoms with E-state index in [1.807, 2.05) is 0 Å². The van der Waals surface area contributed by atoms with E-state index in [0.29, 0.717) is 25.9 Å². The molecule has 6 heteroatoms. The number of carbonyl (C=O) groups is 2. The maximum absolute atomic E-state index is 12.5. The molecule has 0 heterocycles. The molecule has 0 saturated carbocycles. The summed E-state index contributed by atoms with van der Waals surface area (Å²) in [4.78, 5) is 24.6. The highest BCUT2D eigenvalue weighted by molar-refractivity contribution is 5.76. The van der Waals surface area contributed by atoms with Crippen molar-refractivity contribution in [3.8, 4) is 0 Å². The Balaban J connectivity index is 3.33. The zero-order valence-electron chi connectivity index (χ0n) is 55.8. The predicted octanol–water partition coefficient (Wildman–Crippen LogP) is 24.5. The van der Waals surface area contributed by atoms with Crippen LogP contribution < -0.4 is 5.32 Å². The van der Waals surface area contributed by atoms with Gasteiger partial charge >= 0.3 is 5.97 Å². The number of allylic oxidation sites excluding steroid dienone is 4. The largest absolute Gasteiger partial charge is 0.466 e. The monoisotopic (exact) mass is 1150 g/mol. The average molecular weight is 1160 g/mol. The van der Waals surface area contributed by atoms with Gasteiger partial charge in [-0.25, -0.2) is 0 Å². The lowest BCUT2D eigenvalue weighted by Gasteiger charge is -2.22. The highest BCUT2D eigenvalue weighted by atomic mass is 16.5. The number of unbranched alkanes of at least 4 members (excludes halogenated alkanes) is 56. The Bertz CT molecular complexity index is 1280. The lowest BCUT2D eigenvalue weighted by Crippen LogP contribution is -2.45. The summed E-state index contributed by atoms with van der Waals surface area (Å²) in [5.74, 6) is -0.0154. The van der Waals surface area contributed by atoms with Crippen molar-refractivity contribution in [2.45, 2.75) is 437 Å². The third-order valence-electron chi connectivity index (χ3n) is 17.7. The van der Waals surface area contributed by atoms with Crippen LogP contribution in [0.5, 0.6) is 0 Å². The molecule has 0 radical (unpaired) electrons. The van der Waals surface area contributed by atoms with Crippen LogP contribution >= 0.6 is 0 Å². The number of esters is 1. The van der Waals surface area contributed by atoms with E-state index in [1.54, 1.807) is 0 Å². The minimum atomic E-state index is -0.661. The van der Waals surface area contributed by atoms with Crippen LogP contribution in [0, 0.1) is 0 Å². The van der Waals surface area contributed by atoms with Gasteiger partial charge in [-0.1, -0.05) is 359 Å². The molecule has 0 aliphatic heterocycles. The van der Waals surface area contributed by atoms with Crippen LogP contribution in [0.1, 0.15) is 425 Å². The summed E-state index contributed by atoms with van der Waals surface area (Å²) in [5.41, 5.74) is 0. The van der Waals surface area contributed by atoms with Gasteiger partial charge < -0.3 is 20.3 Å². The van der Waals surface area contributed by atoms with Crippen LogP contribution in [0.15, 0.2) is 24.3 Å². The first-order valence-corrected chi connectivity index (χ1v) is 37.6. The normalized spacial score (nSPS) is 12.6. The average Bonchev–Trinajstić information content (AvgIpc) is 3.48. The maximum Gasteiger partial charge on any atom is 0.305 e. The highest BCUT2D eigenvalue weighted by Crippen LogP contribution is 2.19. The van der Waals surface area contributed by atoms with Gasteiger partial charge in [-0.05, 0) is 77.0 Å². The molecule has 0 aliphatic rings. The van der Waals surface area contributed by atoms with Gasteiger partial charge in [0.25, 0.3) is 0 Å². The van der Waals surface area contributed by atoms with E-state index >= 15 is 0 Å². The number of amides is 1. The van der Waals surface area contributed by atoms with Crippen LogP contribution in [0.25, 0.3) is 0 Å². The van der Waals surface area contributed by atoms with E-state index in [1.165, 1.54) is 347 Å². The van der Waals surface area contributed by atoms with E-state index in [9.17, 15) is 19.8 Å². The van der Waals surface area contributed by atoms with Gasteiger partial charge in [-0.15, -0.1) is 0 Å². The quantitative estimate of drug-likeness (QED) is 0.0320. The van der Waals surface area contributed by atoms with Crippen LogP contribution in [0.4, 0.5) is 0 Å². The number of aliphatic hydroxyl groups excluding tert-OH is 2. The van der Waals surface area contributed by atoms with E-state index in [0.717, 1.165) is 44.9 Å². The Labute approximate surface area is 513 Å². The molecule has 0 rings (SSSR count). The molecule has 0 aromatic heterocycles. The Hall–Kier alpha value is -1.66. The smallest absolute Gasteiger partial charge is 0.305 e. The number of hydrogen-bond acceptors (Lipinski definition) is 5. The predicted molar refractivity (Wildman–Crippen MR) is 361 cm³/mol. The van der Waals surface area contributed by atoms with Crippen molar-refractivity contribution in [1.82, 2.24) is 5.32 Å². The molecule has 3 N–H and O–H groups in total. The number of ether oxygens (including phenoxy) is 1. The molecule has 0 aromatic carbocycles. The van der Waals surface area contributed by atoms with E-state index in [2.05, 4.69) is 43.5 Å². The third-order valence-corrected chi connectivity index (χ3v) is 17.7. The van der Waals surface area contributed by atoms with Crippen molar-refractivity contribution in [3.05, 3.63) is 24.3 Å². The summed E-state index contributed by atoms with van der Waals surface area (Å²) >= 11 is 0. The van der Waals surface area contributed by atoms with Crippen LogP contribution in [0.3, 0.4) is 0 Å². The molecule has 0 aliphatic carbocycles. The van der Waals surface area contributed by atoms with E-state index in [-0.39, 0.29) is 18.5 Å². The van der Waals surface area contributed by atoms with Crippen molar-refractivity contribution < 1.29 is 24.5 Å². The van der Waals surface area contributed by atoms with Crippen molar-refractivity contribution in [2.24, 2.45) is 0 Å². The first kappa shape index (κ1) is 80.3. The van der Waals surface area contributed by atoms with Gasteiger partial charge in [0, 0.05) is 12.8 Å². The minimum Gasteiger partial charge on any atom is -0.466 e. The van der Waals surface area contributed by atoms with Gasteiger partial charge in [0.2, 0.25) is 5.91 Å². The molecule has 0 aromatic rings. The third kappa shape index (κ3) is 67.5. The van der Waals surface area contributed by atoms with Crippen molar-refractivity contribution in [2.75, 3.05) is 13.2 Å². The number of aliphatic hydroxyl groups is 2. The van der Waals surface area contributed by atoms with Gasteiger partial charge in [-0.2, -0.15) is 0 Å².